The van der Waals surface area contributed by atoms with Crippen LogP contribution in [0.25, 0.3) is 83.1 Å². The van der Waals surface area contributed by atoms with Crippen LogP contribution in [-0.4, -0.2) is 4.57 Å². The summed E-state index contributed by atoms with van der Waals surface area (Å²) in [7, 11) is 0. The topological polar surface area (TPSA) is 30.9 Å². The quantitative estimate of drug-likeness (QED) is 0.127. The summed E-state index contributed by atoms with van der Waals surface area (Å²) in [5.41, 5.74) is 29.2. The van der Waals surface area contributed by atoms with Gasteiger partial charge < -0.3 is 10.3 Å². The first-order valence-electron chi connectivity index (χ1n) is 20.6. The molecular formula is C57H46N2. The molecule has 1 aromatic heterocycles. The fraction of sp³-hybridized carbons (Fsp3) is 0.0877. The van der Waals surface area contributed by atoms with Crippen molar-refractivity contribution >= 4 is 38.5 Å². The van der Waals surface area contributed by atoms with E-state index in [4.69, 9.17) is 5.73 Å². The van der Waals surface area contributed by atoms with Gasteiger partial charge in [-0.1, -0.05) is 164 Å². The maximum Gasteiger partial charge on any atom is 0.0591 e. The van der Waals surface area contributed by atoms with Gasteiger partial charge in [0.2, 0.25) is 0 Å². The van der Waals surface area contributed by atoms with Gasteiger partial charge in [-0.25, -0.2) is 0 Å². The number of hydrogen-bond acceptors (Lipinski definition) is 1. The van der Waals surface area contributed by atoms with Crippen molar-refractivity contribution < 1.29 is 0 Å². The van der Waals surface area contributed by atoms with E-state index in [1.54, 1.807) is 0 Å². The zero-order valence-electron chi connectivity index (χ0n) is 33.7. The Bertz CT molecular complexity index is 3130. The fourth-order valence-electron chi connectivity index (χ4n) is 9.62. The first-order valence-corrected chi connectivity index (χ1v) is 20.6. The molecule has 0 saturated carbocycles. The third-order valence-corrected chi connectivity index (χ3v) is 12.6. The molecule has 3 aliphatic carbocycles. The van der Waals surface area contributed by atoms with Crippen molar-refractivity contribution in [3.8, 4) is 50.3 Å². The van der Waals surface area contributed by atoms with Crippen LogP contribution >= 0.6 is 0 Å². The lowest BCUT2D eigenvalue weighted by atomic mass is 9.85. The number of aryl methyl sites for hydroxylation is 1. The molecule has 3 aliphatic rings. The molecule has 0 unspecified atom stereocenters. The Hall–Kier alpha value is -7.16. The van der Waals surface area contributed by atoms with E-state index in [0.717, 1.165) is 58.6 Å². The Kier molecular flexibility index (Phi) is 8.99. The molecule has 10 rings (SSSR count). The summed E-state index contributed by atoms with van der Waals surface area (Å²) in [5.74, 6) is 0. The third-order valence-electron chi connectivity index (χ3n) is 12.6. The van der Waals surface area contributed by atoms with Crippen LogP contribution in [0.3, 0.4) is 0 Å². The molecule has 2 nitrogen and oxygen atoms in total. The number of fused-ring (bicyclic) bond motifs is 5. The molecule has 0 aliphatic heterocycles. The number of benzene rings is 6. The number of aromatic nitrogens is 1. The molecule has 0 fully saturated rings. The number of hydrogen-bond donors (Lipinski definition) is 1. The van der Waals surface area contributed by atoms with Crippen LogP contribution in [0.2, 0.25) is 0 Å². The third kappa shape index (κ3) is 5.94. The average molecular weight is 759 g/mol. The Balaban J connectivity index is 1.24. The Morgan fingerprint density at radius 1 is 0.695 bits per heavy atom. The van der Waals surface area contributed by atoms with Gasteiger partial charge in [0.05, 0.1) is 16.9 Å². The van der Waals surface area contributed by atoms with Gasteiger partial charge in [-0.05, 0) is 135 Å². The Morgan fingerprint density at radius 3 is 2.31 bits per heavy atom. The lowest BCUT2D eigenvalue weighted by Crippen LogP contribution is -2.01. The standard InChI is InChI=1S/C57H46N2/c1-5-39(27-28-40-19-10-6-8-17-36(40)2)44-31-32-45(42-30-29-41-20-11-7-9-18-37(3)50(41)35-42)56-48-24-16-23-47-53(34-33-49(54(47)48)55(44)56)59-52-26-15-13-21-43(52)38(4)57(59)46-22-12-14-25-51(46)58/h5-16,18-19,21-27,29-35H,1,3,17,20,28,58H2,2,4H3/b11-7-,18-9-,39-27+. The van der Waals surface area contributed by atoms with E-state index in [-0.39, 0.29) is 0 Å². The normalized spacial score (nSPS) is 15.6. The summed E-state index contributed by atoms with van der Waals surface area (Å²) in [6.45, 7) is 13.3. The number of rotatable bonds is 7. The molecule has 2 N–H and O–H groups in total. The van der Waals surface area contributed by atoms with Crippen LogP contribution in [0, 0.1) is 6.92 Å². The molecular weight excluding hydrogens is 713 g/mol. The van der Waals surface area contributed by atoms with Gasteiger partial charge in [0, 0.05) is 22.0 Å². The lowest BCUT2D eigenvalue weighted by molar-refractivity contribution is 1.13. The smallest absolute Gasteiger partial charge is 0.0591 e. The average Bonchev–Trinajstić information content (AvgIpc) is 3.65. The predicted octanol–water partition coefficient (Wildman–Crippen LogP) is 15.1. The molecule has 6 aromatic carbocycles. The SMILES string of the molecule is C=C/C(=C\CC1=C(C)CC=CC=C1)c1ccc(-c2ccc3c(c2)C(=C)/C=C\C=C/C3)c2c1-c1ccc(-n3c(-c4ccccc4N)c(C)c4ccccc43)c3cccc-2c13. The number of anilines is 1. The van der Waals surface area contributed by atoms with Crippen molar-refractivity contribution in [1.82, 2.24) is 4.57 Å². The van der Waals surface area contributed by atoms with E-state index in [0.29, 0.717) is 0 Å². The fourth-order valence-corrected chi connectivity index (χ4v) is 9.62. The monoisotopic (exact) mass is 758 g/mol. The van der Waals surface area contributed by atoms with E-state index in [9.17, 15) is 0 Å². The van der Waals surface area contributed by atoms with Gasteiger partial charge >= 0.3 is 0 Å². The number of allylic oxidation sites excluding steroid dienone is 14. The van der Waals surface area contributed by atoms with Crippen LogP contribution in [0.1, 0.15) is 42.0 Å². The molecule has 0 amide bonds. The predicted molar refractivity (Wildman–Crippen MR) is 255 cm³/mol. The van der Waals surface area contributed by atoms with Crippen LogP contribution in [-0.2, 0) is 6.42 Å². The second kappa shape index (κ2) is 14.7. The minimum atomic E-state index is 0.767. The highest BCUT2D eigenvalue weighted by Gasteiger charge is 2.30. The van der Waals surface area contributed by atoms with Crippen LogP contribution in [0.5, 0.6) is 0 Å². The molecule has 2 heteroatoms. The highest BCUT2D eigenvalue weighted by atomic mass is 15.0. The molecule has 0 spiro atoms. The second-order valence-corrected chi connectivity index (χ2v) is 15.9. The highest BCUT2D eigenvalue weighted by Crippen LogP contribution is 2.55. The van der Waals surface area contributed by atoms with Crippen molar-refractivity contribution in [3.63, 3.8) is 0 Å². The summed E-state index contributed by atoms with van der Waals surface area (Å²) in [4.78, 5) is 0. The van der Waals surface area contributed by atoms with Gasteiger partial charge in [0.1, 0.15) is 0 Å². The van der Waals surface area contributed by atoms with Gasteiger partial charge in [-0.3, -0.25) is 0 Å². The van der Waals surface area contributed by atoms with Crippen LogP contribution in [0.4, 0.5) is 5.69 Å². The van der Waals surface area contributed by atoms with E-state index in [1.165, 1.54) is 82.9 Å². The number of para-hydroxylation sites is 2. The molecule has 0 radical (unpaired) electrons. The Labute approximate surface area is 347 Å². The zero-order valence-corrected chi connectivity index (χ0v) is 33.7. The van der Waals surface area contributed by atoms with Gasteiger partial charge in [-0.2, -0.15) is 0 Å². The maximum atomic E-state index is 6.75. The summed E-state index contributed by atoms with van der Waals surface area (Å²) in [6.07, 6.45) is 24.4. The van der Waals surface area contributed by atoms with E-state index in [1.807, 2.05) is 18.2 Å². The first-order chi connectivity index (χ1) is 28.9. The molecule has 284 valence electrons. The second-order valence-electron chi connectivity index (χ2n) is 15.9. The summed E-state index contributed by atoms with van der Waals surface area (Å²) < 4.78 is 2.44. The van der Waals surface area contributed by atoms with Crippen molar-refractivity contribution in [1.29, 1.82) is 0 Å². The molecule has 59 heavy (non-hydrogen) atoms. The van der Waals surface area contributed by atoms with Crippen molar-refractivity contribution in [2.24, 2.45) is 0 Å². The largest absolute Gasteiger partial charge is 0.398 e. The number of nitrogens with zero attached hydrogens (tertiary/aromatic N) is 1. The zero-order chi connectivity index (χ0) is 40.2. The summed E-state index contributed by atoms with van der Waals surface area (Å²) in [5, 5.41) is 3.69. The van der Waals surface area contributed by atoms with E-state index >= 15 is 0 Å². The lowest BCUT2D eigenvalue weighted by Gasteiger charge is -2.18. The number of nitrogen functional groups attached to an aromatic ring is 1. The number of nitrogens with two attached hydrogens (primary N) is 1. The molecule has 7 aromatic rings. The molecule has 1 heterocycles. The van der Waals surface area contributed by atoms with E-state index < -0.39 is 0 Å². The Morgan fingerprint density at radius 2 is 1.44 bits per heavy atom. The van der Waals surface area contributed by atoms with Gasteiger partial charge in [0.25, 0.3) is 0 Å². The summed E-state index contributed by atoms with van der Waals surface area (Å²) >= 11 is 0. The van der Waals surface area contributed by atoms with Crippen molar-refractivity contribution in [2.45, 2.75) is 33.1 Å². The molecule has 0 atom stereocenters. The van der Waals surface area contributed by atoms with Crippen molar-refractivity contribution in [3.05, 3.63) is 217 Å². The summed E-state index contributed by atoms with van der Waals surface area (Å²) in [6, 6.07) is 40.1. The minimum absolute atomic E-state index is 0.767. The minimum Gasteiger partial charge on any atom is -0.398 e. The van der Waals surface area contributed by atoms with Crippen LogP contribution < -0.4 is 5.73 Å². The van der Waals surface area contributed by atoms with Gasteiger partial charge in [-0.15, -0.1) is 0 Å². The van der Waals surface area contributed by atoms with Crippen LogP contribution in [0.15, 0.2) is 194 Å². The van der Waals surface area contributed by atoms with E-state index in [2.05, 4.69) is 183 Å². The molecule has 0 bridgehead atoms. The first kappa shape index (κ1) is 36.2. The van der Waals surface area contributed by atoms with Gasteiger partial charge in [0.15, 0.2) is 0 Å². The maximum absolute atomic E-state index is 6.75. The highest BCUT2D eigenvalue weighted by molar-refractivity contribution is 6.22. The molecule has 0 saturated heterocycles. The van der Waals surface area contributed by atoms with Crippen molar-refractivity contribution in [2.75, 3.05) is 5.73 Å².